The summed E-state index contributed by atoms with van der Waals surface area (Å²) >= 11 is 1.28. The third-order valence-electron chi connectivity index (χ3n) is 6.41. The Balaban J connectivity index is 1.48. The monoisotopic (exact) mass is 542 g/mol. The minimum Gasteiger partial charge on any atom is -0.489 e. The van der Waals surface area contributed by atoms with Crippen molar-refractivity contribution in [3.05, 3.63) is 132 Å². The fraction of sp³-hybridized carbons (Fsp3) is 0.194. The van der Waals surface area contributed by atoms with E-state index >= 15 is 0 Å². The van der Waals surface area contributed by atoms with Gasteiger partial charge in [0.2, 0.25) is 0 Å². The van der Waals surface area contributed by atoms with Gasteiger partial charge in [-0.05, 0) is 67.8 Å². The molecule has 0 radical (unpaired) electrons. The first kappa shape index (κ1) is 26.3. The zero-order chi connectivity index (χ0) is 27.5. The first-order chi connectivity index (χ1) is 18.8. The number of carbonyl (C=O) groups excluding carboxylic acids is 1. The number of thiazole rings is 1. The van der Waals surface area contributed by atoms with Crippen molar-refractivity contribution in [1.82, 2.24) is 4.57 Å². The number of aryl methyl sites for hydroxylation is 1. The van der Waals surface area contributed by atoms with Crippen molar-refractivity contribution in [3.63, 3.8) is 0 Å². The number of ether oxygens (including phenoxy) is 2. The van der Waals surface area contributed by atoms with Crippen molar-refractivity contribution in [2.24, 2.45) is 4.99 Å². The molecule has 1 atom stereocenters. The molecule has 8 heteroatoms. The molecule has 0 spiro atoms. The van der Waals surface area contributed by atoms with Gasteiger partial charge in [0.1, 0.15) is 18.2 Å². The molecule has 5 rings (SSSR count). The predicted octanol–water partition coefficient (Wildman–Crippen LogP) is 4.82. The van der Waals surface area contributed by atoms with Crippen LogP contribution in [0.4, 0.5) is 4.39 Å². The van der Waals surface area contributed by atoms with Crippen LogP contribution in [0.15, 0.2) is 93.9 Å². The minimum absolute atomic E-state index is 0.226. The Hall–Kier alpha value is -4.30. The Bertz CT molecular complexity index is 1720. The first-order valence-corrected chi connectivity index (χ1v) is 13.4. The molecule has 198 valence electrons. The van der Waals surface area contributed by atoms with Crippen LogP contribution < -0.4 is 19.6 Å². The van der Waals surface area contributed by atoms with E-state index in [0.717, 1.165) is 22.3 Å². The zero-order valence-corrected chi connectivity index (χ0v) is 22.6. The third-order valence-corrected chi connectivity index (χ3v) is 7.39. The summed E-state index contributed by atoms with van der Waals surface area (Å²) in [6.07, 6.45) is 1.81. The Morgan fingerprint density at radius 3 is 2.38 bits per heavy atom. The van der Waals surface area contributed by atoms with Crippen LogP contribution in [0.1, 0.15) is 42.1 Å². The second-order valence-electron chi connectivity index (χ2n) is 9.20. The van der Waals surface area contributed by atoms with Gasteiger partial charge in [0.05, 0.1) is 28.5 Å². The molecule has 0 saturated carbocycles. The van der Waals surface area contributed by atoms with Gasteiger partial charge in [-0.2, -0.15) is 0 Å². The summed E-state index contributed by atoms with van der Waals surface area (Å²) in [6, 6.07) is 20.7. The van der Waals surface area contributed by atoms with Crippen molar-refractivity contribution in [2.75, 3.05) is 6.61 Å². The summed E-state index contributed by atoms with van der Waals surface area (Å²) in [5.74, 6) is -0.104. The number of esters is 1. The lowest BCUT2D eigenvalue weighted by Gasteiger charge is -2.24. The molecule has 1 aliphatic rings. The number of hydrogen-bond acceptors (Lipinski definition) is 6. The molecule has 0 unspecified atom stereocenters. The summed E-state index contributed by atoms with van der Waals surface area (Å²) in [5.41, 5.74) is 4.25. The Morgan fingerprint density at radius 2 is 1.72 bits per heavy atom. The van der Waals surface area contributed by atoms with E-state index < -0.39 is 12.0 Å². The molecule has 4 aromatic rings. The van der Waals surface area contributed by atoms with Gasteiger partial charge in [0.15, 0.2) is 4.80 Å². The van der Waals surface area contributed by atoms with Crippen LogP contribution in [-0.4, -0.2) is 17.1 Å². The SMILES string of the molecule is CCOC(=O)C1=C(C)N=c2s/c(=C/c3ccc(OCc4ccc(F)cc4)cc3)c(=O)n2[C@H]1c1ccc(C)cc1. The predicted molar refractivity (Wildman–Crippen MR) is 149 cm³/mol. The summed E-state index contributed by atoms with van der Waals surface area (Å²) in [4.78, 5) is 31.8. The van der Waals surface area contributed by atoms with E-state index in [1.807, 2.05) is 61.5 Å². The van der Waals surface area contributed by atoms with E-state index in [9.17, 15) is 14.0 Å². The Kier molecular flexibility index (Phi) is 7.56. The van der Waals surface area contributed by atoms with E-state index in [2.05, 4.69) is 4.99 Å². The smallest absolute Gasteiger partial charge is 0.338 e. The van der Waals surface area contributed by atoms with Crippen molar-refractivity contribution >= 4 is 23.4 Å². The van der Waals surface area contributed by atoms with Crippen molar-refractivity contribution in [2.45, 2.75) is 33.4 Å². The lowest BCUT2D eigenvalue weighted by Crippen LogP contribution is -2.39. The van der Waals surface area contributed by atoms with E-state index in [1.165, 1.54) is 23.5 Å². The number of hydrogen-bond donors (Lipinski definition) is 0. The van der Waals surface area contributed by atoms with Crippen LogP contribution in [0, 0.1) is 12.7 Å². The fourth-order valence-electron chi connectivity index (χ4n) is 4.41. The van der Waals surface area contributed by atoms with Gasteiger partial charge in [-0.15, -0.1) is 0 Å². The molecule has 2 heterocycles. The van der Waals surface area contributed by atoms with Crippen LogP contribution >= 0.6 is 11.3 Å². The number of benzene rings is 3. The number of rotatable bonds is 7. The minimum atomic E-state index is -0.634. The molecule has 0 amide bonds. The van der Waals surface area contributed by atoms with Gasteiger partial charge < -0.3 is 9.47 Å². The molecular formula is C31H27FN2O4S. The van der Waals surface area contributed by atoms with Crippen molar-refractivity contribution < 1.29 is 18.7 Å². The molecule has 0 bridgehead atoms. The maximum atomic E-state index is 13.7. The number of halogens is 1. The van der Waals surface area contributed by atoms with E-state index in [0.29, 0.717) is 33.0 Å². The third kappa shape index (κ3) is 5.61. The highest BCUT2D eigenvalue weighted by Crippen LogP contribution is 2.30. The van der Waals surface area contributed by atoms with E-state index in [-0.39, 0.29) is 18.0 Å². The second-order valence-corrected chi connectivity index (χ2v) is 10.2. The molecule has 6 nitrogen and oxygen atoms in total. The summed E-state index contributed by atoms with van der Waals surface area (Å²) in [6.45, 7) is 6.06. The molecule has 0 fully saturated rings. The Morgan fingerprint density at radius 1 is 1.03 bits per heavy atom. The highest BCUT2D eigenvalue weighted by molar-refractivity contribution is 7.07. The van der Waals surface area contributed by atoms with Crippen LogP contribution in [0.5, 0.6) is 5.75 Å². The molecule has 3 aromatic carbocycles. The molecule has 0 aliphatic carbocycles. The van der Waals surface area contributed by atoms with Crippen LogP contribution in [0.3, 0.4) is 0 Å². The second kappa shape index (κ2) is 11.2. The van der Waals surface area contributed by atoms with Crippen LogP contribution in [-0.2, 0) is 16.1 Å². The van der Waals surface area contributed by atoms with E-state index in [1.54, 1.807) is 30.5 Å². The molecule has 0 N–H and O–H groups in total. The lowest BCUT2D eigenvalue weighted by atomic mass is 9.95. The summed E-state index contributed by atoms with van der Waals surface area (Å²) in [7, 11) is 0. The van der Waals surface area contributed by atoms with Gasteiger partial charge in [0.25, 0.3) is 5.56 Å². The van der Waals surface area contributed by atoms with Gasteiger partial charge >= 0.3 is 5.97 Å². The molecule has 1 aliphatic heterocycles. The van der Waals surface area contributed by atoms with Crippen LogP contribution in [0.25, 0.3) is 6.08 Å². The zero-order valence-electron chi connectivity index (χ0n) is 21.8. The number of carbonyl (C=O) groups is 1. The maximum Gasteiger partial charge on any atom is 0.338 e. The highest BCUT2D eigenvalue weighted by atomic mass is 32.1. The normalized spacial score (nSPS) is 15.1. The largest absolute Gasteiger partial charge is 0.489 e. The van der Waals surface area contributed by atoms with Crippen LogP contribution in [0.2, 0.25) is 0 Å². The highest BCUT2D eigenvalue weighted by Gasteiger charge is 2.33. The number of fused-ring (bicyclic) bond motifs is 1. The average Bonchev–Trinajstić information content (AvgIpc) is 3.23. The maximum absolute atomic E-state index is 13.7. The lowest BCUT2D eigenvalue weighted by molar-refractivity contribution is -0.139. The number of allylic oxidation sites excluding steroid dienone is 1. The quantitative estimate of drug-likeness (QED) is 0.314. The van der Waals surface area contributed by atoms with Crippen molar-refractivity contribution in [1.29, 1.82) is 0 Å². The molecule has 39 heavy (non-hydrogen) atoms. The van der Waals surface area contributed by atoms with Crippen molar-refractivity contribution in [3.8, 4) is 5.75 Å². The first-order valence-electron chi connectivity index (χ1n) is 12.6. The Labute approximate surface area is 229 Å². The van der Waals surface area contributed by atoms with Gasteiger partial charge in [-0.1, -0.05) is 65.4 Å². The topological polar surface area (TPSA) is 69.9 Å². The van der Waals surface area contributed by atoms with Gasteiger partial charge in [-0.25, -0.2) is 14.2 Å². The summed E-state index contributed by atoms with van der Waals surface area (Å²) < 4.78 is 26.3. The molecule has 1 aromatic heterocycles. The van der Waals surface area contributed by atoms with Gasteiger partial charge in [-0.3, -0.25) is 9.36 Å². The van der Waals surface area contributed by atoms with Gasteiger partial charge in [0, 0.05) is 0 Å². The standard InChI is InChI=1S/C31H27FN2O4S/c1-4-37-30(36)27-20(3)33-31-34(28(27)23-11-5-19(2)6-12-23)29(35)26(39-31)17-21-9-15-25(16-10-21)38-18-22-7-13-24(32)14-8-22/h5-17,28H,4,18H2,1-3H3/b26-17+/t28-/m0/s1. The number of aromatic nitrogens is 1. The summed E-state index contributed by atoms with van der Waals surface area (Å²) in [5, 5.41) is 0. The molecule has 0 saturated heterocycles. The fourth-order valence-corrected chi connectivity index (χ4v) is 5.46. The average molecular weight is 543 g/mol. The molecular weight excluding hydrogens is 515 g/mol. The number of nitrogens with zero attached hydrogens (tertiary/aromatic N) is 2. The van der Waals surface area contributed by atoms with E-state index in [4.69, 9.17) is 9.47 Å².